The Labute approximate surface area is 54.6 Å². The second-order valence-corrected chi connectivity index (χ2v) is 1.93. The maximum atomic E-state index is 10.3. The van der Waals surface area contributed by atoms with E-state index in [1.54, 1.807) is 0 Å². The summed E-state index contributed by atoms with van der Waals surface area (Å²) < 4.78 is 0. The van der Waals surface area contributed by atoms with E-state index < -0.39 is 0 Å². The van der Waals surface area contributed by atoms with E-state index in [1.165, 1.54) is 6.92 Å². The summed E-state index contributed by atoms with van der Waals surface area (Å²) in [5.74, 6) is -0.0705. The van der Waals surface area contributed by atoms with Crippen molar-refractivity contribution in [2.75, 3.05) is 13.1 Å². The van der Waals surface area contributed by atoms with Crippen molar-refractivity contribution < 1.29 is 4.79 Å². The summed E-state index contributed by atoms with van der Waals surface area (Å²) in [6.07, 6.45) is 0. The summed E-state index contributed by atoms with van der Waals surface area (Å²) >= 11 is 0. The monoisotopic (exact) mass is 131 g/mol. The summed E-state index contributed by atoms with van der Waals surface area (Å²) in [7, 11) is 0. The zero-order valence-electron chi connectivity index (χ0n) is 5.55. The van der Waals surface area contributed by atoms with Crippen molar-refractivity contribution in [2.24, 2.45) is 11.5 Å². The zero-order valence-corrected chi connectivity index (χ0v) is 5.55. The molecule has 0 aliphatic heterocycles. The number of carbonyl (C=O) groups excluding carboxylic acids is 1. The molecular weight excluding hydrogens is 118 g/mol. The van der Waals surface area contributed by atoms with Gasteiger partial charge in [-0.05, 0) is 0 Å². The van der Waals surface area contributed by atoms with Crippen LogP contribution in [0.3, 0.4) is 0 Å². The third kappa shape index (κ3) is 5.26. The molecular formula is C5H13N3O. The largest absolute Gasteiger partial charge is 0.355 e. The molecule has 0 heterocycles. The van der Waals surface area contributed by atoms with Gasteiger partial charge in [-0.2, -0.15) is 0 Å². The first-order chi connectivity index (χ1) is 4.16. The molecule has 0 spiro atoms. The fourth-order valence-corrected chi connectivity index (χ4v) is 0.358. The second-order valence-electron chi connectivity index (χ2n) is 1.93. The van der Waals surface area contributed by atoms with Gasteiger partial charge >= 0.3 is 0 Å². The van der Waals surface area contributed by atoms with Gasteiger partial charge in [0.2, 0.25) is 5.91 Å². The molecule has 0 radical (unpaired) electrons. The molecule has 0 saturated heterocycles. The van der Waals surface area contributed by atoms with Crippen molar-refractivity contribution in [3.8, 4) is 0 Å². The van der Waals surface area contributed by atoms with E-state index in [0.717, 1.165) is 0 Å². The van der Waals surface area contributed by atoms with Crippen LogP contribution in [0.15, 0.2) is 0 Å². The number of hydrogen-bond acceptors (Lipinski definition) is 3. The molecule has 9 heavy (non-hydrogen) atoms. The summed E-state index contributed by atoms with van der Waals surface area (Å²) in [5.41, 5.74) is 10.6. The summed E-state index contributed by atoms with van der Waals surface area (Å²) in [6, 6.07) is -0.117. The normalized spacial score (nSPS) is 12.8. The van der Waals surface area contributed by atoms with Crippen LogP contribution < -0.4 is 16.8 Å². The highest BCUT2D eigenvalue weighted by atomic mass is 16.1. The first-order valence-corrected chi connectivity index (χ1v) is 2.87. The van der Waals surface area contributed by atoms with Gasteiger partial charge in [-0.25, -0.2) is 0 Å². The molecule has 0 unspecified atom stereocenters. The SMILES string of the molecule is CC(=O)NC[C@@H](N)CN. The van der Waals surface area contributed by atoms with Gasteiger partial charge < -0.3 is 16.8 Å². The van der Waals surface area contributed by atoms with Crippen LogP contribution in [-0.4, -0.2) is 25.0 Å². The van der Waals surface area contributed by atoms with Gasteiger partial charge in [-0.1, -0.05) is 0 Å². The molecule has 5 N–H and O–H groups in total. The lowest BCUT2D eigenvalue weighted by atomic mass is 10.3. The lowest BCUT2D eigenvalue weighted by molar-refractivity contribution is -0.119. The average molecular weight is 131 g/mol. The Hall–Kier alpha value is -0.610. The molecule has 0 aliphatic rings. The predicted octanol–water partition coefficient (Wildman–Crippen LogP) is -1.59. The first kappa shape index (κ1) is 8.39. The third-order valence-electron chi connectivity index (χ3n) is 0.916. The molecule has 4 nitrogen and oxygen atoms in total. The lowest BCUT2D eigenvalue weighted by Crippen LogP contribution is -2.41. The Morgan fingerprint density at radius 2 is 2.33 bits per heavy atom. The molecule has 0 fully saturated rings. The van der Waals surface area contributed by atoms with E-state index in [4.69, 9.17) is 11.5 Å². The highest BCUT2D eigenvalue weighted by molar-refractivity contribution is 5.72. The lowest BCUT2D eigenvalue weighted by Gasteiger charge is -2.07. The Morgan fingerprint density at radius 1 is 1.78 bits per heavy atom. The minimum atomic E-state index is -0.117. The van der Waals surface area contributed by atoms with Crippen molar-refractivity contribution in [3.63, 3.8) is 0 Å². The fraction of sp³-hybridized carbons (Fsp3) is 0.800. The van der Waals surface area contributed by atoms with Crippen LogP contribution in [0.25, 0.3) is 0 Å². The van der Waals surface area contributed by atoms with E-state index in [9.17, 15) is 4.79 Å². The Kier molecular flexibility index (Phi) is 4.00. The molecule has 54 valence electrons. The standard InChI is InChI=1S/C5H13N3O/c1-4(9)8-3-5(7)2-6/h5H,2-3,6-7H2,1H3,(H,8,9)/t5-/m0/s1. The zero-order chi connectivity index (χ0) is 7.28. The molecule has 0 saturated carbocycles. The third-order valence-corrected chi connectivity index (χ3v) is 0.916. The van der Waals surface area contributed by atoms with Gasteiger partial charge in [0, 0.05) is 26.1 Å². The molecule has 0 aromatic carbocycles. The number of rotatable bonds is 3. The number of nitrogens with two attached hydrogens (primary N) is 2. The van der Waals surface area contributed by atoms with Gasteiger partial charge in [0.1, 0.15) is 0 Å². The van der Waals surface area contributed by atoms with Crippen molar-refractivity contribution in [3.05, 3.63) is 0 Å². The van der Waals surface area contributed by atoms with E-state index in [0.29, 0.717) is 13.1 Å². The highest BCUT2D eigenvalue weighted by Crippen LogP contribution is 1.68. The van der Waals surface area contributed by atoms with Gasteiger partial charge in [0.15, 0.2) is 0 Å². The number of nitrogens with one attached hydrogen (secondary N) is 1. The maximum Gasteiger partial charge on any atom is 0.216 e. The maximum absolute atomic E-state index is 10.3. The van der Waals surface area contributed by atoms with E-state index in [2.05, 4.69) is 5.32 Å². The Morgan fingerprint density at radius 3 is 2.67 bits per heavy atom. The fourth-order valence-electron chi connectivity index (χ4n) is 0.358. The topological polar surface area (TPSA) is 81.1 Å². The number of carbonyl (C=O) groups is 1. The van der Waals surface area contributed by atoms with Gasteiger partial charge in [0.25, 0.3) is 0 Å². The molecule has 1 atom stereocenters. The predicted molar refractivity (Wildman–Crippen MR) is 35.7 cm³/mol. The summed E-state index contributed by atoms with van der Waals surface area (Å²) in [5, 5.41) is 2.55. The molecule has 4 heteroatoms. The Bertz CT molecular complexity index is 94.2. The first-order valence-electron chi connectivity index (χ1n) is 2.87. The van der Waals surface area contributed by atoms with Crippen LogP contribution in [0, 0.1) is 0 Å². The molecule has 0 aromatic rings. The van der Waals surface area contributed by atoms with Crippen LogP contribution in [0.5, 0.6) is 0 Å². The van der Waals surface area contributed by atoms with Gasteiger partial charge in [0.05, 0.1) is 0 Å². The highest BCUT2D eigenvalue weighted by Gasteiger charge is 1.97. The molecule has 0 rings (SSSR count). The number of hydrogen-bond donors (Lipinski definition) is 3. The average Bonchev–Trinajstić information content (AvgIpc) is 1.83. The van der Waals surface area contributed by atoms with Crippen molar-refractivity contribution in [1.29, 1.82) is 0 Å². The molecule has 0 bridgehead atoms. The van der Waals surface area contributed by atoms with E-state index >= 15 is 0 Å². The summed E-state index contributed by atoms with van der Waals surface area (Å²) in [6.45, 7) is 2.31. The minimum Gasteiger partial charge on any atom is -0.355 e. The van der Waals surface area contributed by atoms with Crippen molar-refractivity contribution >= 4 is 5.91 Å². The minimum absolute atomic E-state index is 0.0705. The molecule has 1 amide bonds. The molecule has 0 aliphatic carbocycles. The molecule has 0 aromatic heterocycles. The van der Waals surface area contributed by atoms with Gasteiger partial charge in [-0.3, -0.25) is 4.79 Å². The van der Waals surface area contributed by atoms with E-state index in [-0.39, 0.29) is 11.9 Å². The van der Waals surface area contributed by atoms with Crippen LogP contribution >= 0.6 is 0 Å². The van der Waals surface area contributed by atoms with Crippen LogP contribution in [-0.2, 0) is 4.79 Å². The smallest absolute Gasteiger partial charge is 0.216 e. The summed E-state index contributed by atoms with van der Waals surface area (Å²) in [4.78, 5) is 10.3. The van der Waals surface area contributed by atoms with Crippen LogP contribution in [0.2, 0.25) is 0 Å². The van der Waals surface area contributed by atoms with Crippen molar-refractivity contribution in [1.82, 2.24) is 5.32 Å². The van der Waals surface area contributed by atoms with E-state index in [1.807, 2.05) is 0 Å². The quantitative estimate of drug-likeness (QED) is 0.432. The number of amides is 1. The van der Waals surface area contributed by atoms with Crippen LogP contribution in [0.4, 0.5) is 0 Å². The van der Waals surface area contributed by atoms with Crippen LogP contribution in [0.1, 0.15) is 6.92 Å². The Balaban J connectivity index is 3.16. The van der Waals surface area contributed by atoms with Gasteiger partial charge in [-0.15, -0.1) is 0 Å². The second kappa shape index (κ2) is 4.29. The van der Waals surface area contributed by atoms with Crippen molar-refractivity contribution in [2.45, 2.75) is 13.0 Å².